The largest absolute Gasteiger partial charge is 0.368 e. The van der Waals surface area contributed by atoms with E-state index in [2.05, 4.69) is 4.90 Å². The number of hydrogen-bond donors (Lipinski definition) is 1. The topological polar surface area (TPSA) is 58.8 Å². The third-order valence-electron chi connectivity index (χ3n) is 4.28. The van der Waals surface area contributed by atoms with Crippen molar-refractivity contribution in [3.63, 3.8) is 0 Å². The summed E-state index contributed by atoms with van der Waals surface area (Å²) < 4.78 is 5.51. The predicted octanol–water partition coefficient (Wildman–Crippen LogP) is 0.829. The number of unbranched alkanes of at least 4 members (excludes halogenated alkanes) is 2. The Bertz CT molecular complexity index is 293. The average molecular weight is 283 g/mol. The van der Waals surface area contributed by atoms with Crippen LogP contribution in [0.4, 0.5) is 0 Å². The molecule has 1 unspecified atom stereocenters. The minimum absolute atomic E-state index is 0.161. The van der Waals surface area contributed by atoms with Gasteiger partial charge in [0.25, 0.3) is 5.91 Å². The summed E-state index contributed by atoms with van der Waals surface area (Å²) in [6, 6.07) is 0. The van der Waals surface area contributed by atoms with E-state index in [4.69, 9.17) is 10.5 Å². The first kappa shape index (κ1) is 15.7. The summed E-state index contributed by atoms with van der Waals surface area (Å²) >= 11 is 0. The van der Waals surface area contributed by atoms with Crippen LogP contribution in [0.5, 0.6) is 0 Å². The molecule has 0 radical (unpaired) electrons. The standard InChI is InChI=1S/C15H29N3O2/c16-7-2-1-3-8-17-9-5-10-18(12-11-17)15(19)14-6-4-13-20-14/h14H,1-13,16H2. The maximum Gasteiger partial charge on any atom is 0.251 e. The summed E-state index contributed by atoms with van der Waals surface area (Å²) in [5, 5.41) is 0. The van der Waals surface area contributed by atoms with Crippen LogP contribution >= 0.6 is 0 Å². The molecule has 20 heavy (non-hydrogen) atoms. The van der Waals surface area contributed by atoms with Crippen LogP contribution in [-0.4, -0.2) is 67.7 Å². The summed E-state index contributed by atoms with van der Waals surface area (Å²) in [7, 11) is 0. The zero-order valence-electron chi connectivity index (χ0n) is 12.6. The smallest absolute Gasteiger partial charge is 0.251 e. The van der Waals surface area contributed by atoms with Crippen LogP contribution in [-0.2, 0) is 9.53 Å². The van der Waals surface area contributed by atoms with E-state index in [1.807, 2.05) is 4.90 Å². The van der Waals surface area contributed by atoms with E-state index in [9.17, 15) is 4.79 Å². The van der Waals surface area contributed by atoms with E-state index >= 15 is 0 Å². The van der Waals surface area contributed by atoms with Gasteiger partial charge in [-0.1, -0.05) is 6.42 Å². The minimum atomic E-state index is -0.161. The van der Waals surface area contributed by atoms with Crippen molar-refractivity contribution in [2.24, 2.45) is 5.73 Å². The molecule has 0 aliphatic carbocycles. The lowest BCUT2D eigenvalue weighted by atomic mass is 10.2. The van der Waals surface area contributed by atoms with Crippen molar-refractivity contribution in [3.05, 3.63) is 0 Å². The number of carbonyl (C=O) groups is 1. The summed E-state index contributed by atoms with van der Waals surface area (Å²) in [6.45, 7) is 6.54. The first-order valence-electron chi connectivity index (χ1n) is 8.14. The molecule has 2 saturated heterocycles. The lowest BCUT2D eigenvalue weighted by Crippen LogP contribution is -2.41. The average Bonchev–Trinajstić information content (AvgIpc) is 2.89. The fraction of sp³-hybridized carbons (Fsp3) is 0.933. The Balaban J connectivity index is 1.69. The fourth-order valence-corrected chi connectivity index (χ4v) is 3.05. The lowest BCUT2D eigenvalue weighted by molar-refractivity contribution is -0.140. The number of hydrogen-bond acceptors (Lipinski definition) is 4. The van der Waals surface area contributed by atoms with Crippen LogP contribution in [0, 0.1) is 0 Å². The van der Waals surface area contributed by atoms with E-state index in [0.717, 1.165) is 71.6 Å². The molecule has 0 aromatic carbocycles. The molecule has 0 saturated carbocycles. The molecule has 5 nitrogen and oxygen atoms in total. The van der Waals surface area contributed by atoms with Gasteiger partial charge in [0.1, 0.15) is 6.10 Å². The molecule has 1 atom stereocenters. The normalized spacial score (nSPS) is 24.9. The number of carbonyl (C=O) groups excluding carboxylic acids is 1. The fourth-order valence-electron chi connectivity index (χ4n) is 3.05. The second kappa shape index (κ2) is 8.60. The van der Waals surface area contributed by atoms with Gasteiger partial charge in [-0.3, -0.25) is 4.79 Å². The molecule has 0 aromatic rings. The highest BCUT2D eigenvalue weighted by Gasteiger charge is 2.29. The summed E-state index contributed by atoms with van der Waals surface area (Å²) in [4.78, 5) is 16.8. The molecule has 0 spiro atoms. The number of ether oxygens (including phenoxy) is 1. The lowest BCUT2D eigenvalue weighted by Gasteiger charge is -2.24. The van der Waals surface area contributed by atoms with Crippen LogP contribution < -0.4 is 5.73 Å². The molecule has 116 valence electrons. The van der Waals surface area contributed by atoms with E-state index in [1.165, 1.54) is 12.8 Å². The maximum absolute atomic E-state index is 12.3. The molecular formula is C15H29N3O2. The van der Waals surface area contributed by atoms with Crippen molar-refractivity contribution in [2.45, 2.75) is 44.6 Å². The molecule has 2 rings (SSSR count). The van der Waals surface area contributed by atoms with Crippen LogP contribution in [0.2, 0.25) is 0 Å². The molecule has 2 fully saturated rings. The Morgan fingerprint density at radius 3 is 2.75 bits per heavy atom. The Labute approximate surface area is 122 Å². The van der Waals surface area contributed by atoms with Gasteiger partial charge in [0.05, 0.1) is 0 Å². The minimum Gasteiger partial charge on any atom is -0.368 e. The summed E-state index contributed by atoms with van der Waals surface area (Å²) in [5.41, 5.74) is 5.51. The van der Waals surface area contributed by atoms with E-state index in [1.54, 1.807) is 0 Å². The highest BCUT2D eigenvalue weighted by molar-refractivity contribution is 5.81. The second-order valence-electron chi connectivity index (χ2n) is 5.87. The first-order chi connectivity index (χ1) is 9.81. The quantitative estimate of drug-likeness (QED) is 0.734. The van der Waals surface area contributed by atoms with E-state index in [0.29, 0.717) is 0 Å². The van der Waals surface area contributed by atoms with Crippen molar-refractivity contribution < 1.29 is 9.53 Å². The second-order valence-corrected chi connectivity index (χ2v) is 5.87. The van der Waals surface area contributed by atoms with Crippen LogP contribution in [0.1, 0.15) is 38.5 Å². The SMILES string of the molecule is NCCCCCN1CCCN(C(=O)C2CCCO2)CC1. The van der Waals surface area contributed by atoms with Gasteiger partial charge in [0.2, 0.25) is 0 Å². The molecule has 2 aliphatic rings. The molecule has 5 heteroatoms. The van der Waals surface area contributed by atoms with Gasteiger partial charge in [-0.15, -0.1) is 0 Å². The number of nitrogens with two attached hydrogens (primary N) is 1. The van der Waals surface area contributed by atoms with Gasteiger partial charge in [-0.05, 0) is 51.7 Å². The molecule has 2 heterocycles. The van der Waals surface area contributed by atoms with Crippen molar-refractivity contribution in [2.75, 3.05) is 45.9 Å². The summed E-state index contributed by atoms with van der Waals surface area (Å²) in [5.74, 6) is 0.215. The molecule has 2 N–H and O–H groups in total. The van der Waals surface area contributed by atoms with Gasteiger partial charge in [-0.25, -0.2) is 0 Å². The van der Waals surface area contributed by atoms with Crippen molar-refractivity contribution in [1.29, 1.82) is 0 Å². The highest BCUT2D eigenvalue weighted by Crippen LogP contribution is 2.16. The van der Waals surface area contributed by atoms with Crippen molar-refractivity contribution in [3.8, 4) is 0 Å². The number of rotatable bonds is 6. The molecular weight excluding hydrogens is 254 g/mol. The highest BCUT2D eigenvalue weighted by atomic mass is 16.5. The van der Waals surface area contributed by atoms with Gasteiger partial charge in [0.15, 0.2) is 0 Å². The third kappa shape index (κ3) is 4.72. The first-order valence-corrected chi connectivity index (χ1v) is 8.14. The van der Waals surface area contributed by atoms with Gasteiger partial charge < -0.3 is 20.3 Å². The Hall–Kier alpha value is -0.650. The van der Waals surface area contributed by atoms with E-state index in [-0.39, 0.29) is 12.0 Å². The Kier molecular flexibility index (Phi) is 6.76. The van der Waals surface area contributed by atoms with Gasteiger partial charge in [-0.2, -0.15) is 0 Å². The number of nitrogens with zero attached hydrogens (tertiary/aromatic N) is 2. The Morgan fingerprint density at radius 1 is 1.10 bits per heavy atom. The molecule has 2 aliphatic heterocycles. The Morgan fingerprint density at radius 2 is 2.00 bits per heavy atom. The zero-order valence-corrected chi connectivity index (χ0v) is 12.6. The van der Waals surface area contributed by atoms with Crippen molar-refractivity contribution >= 4 is 5.91 Å². The third-order valence-corrected chi connectivity index (χ3v) is 4.28. The zero-order chi connectivity index (χ0) is 14.2. The van der Waals surface area contributed by atoms with Crippen LogP contribution in [0.3, 0.4) is 0 Å². The van der Waals surface area contributed by atoms with E-state index < -0.39 is 0 Å². The summed E-state index contributed by atoms with van der Waals surface area (Å²) in [6.07, 6.45) is 6.40. The van der Waals surface area contributed by atoms with Crippen LogP contribution in [0.15, 0.2) is 0 Å². The van der Waals surface area contributed by atoms with Gasteiger partial charge in [0, 0.05) is 26.2 Å². The predicted molar refractivity (Wildman–Crippen MR) is 79.5 cm³/mol. The number of amides is 1. The molecule has 0 aromatic heterocycles. The molecule has 0 bridgehead atoms. The maximum atomic E-state index is 12.3. The van der Waals surface area contributed by atoms with Crippen molar-refractivity contribution in [1.82, 2.24) is 9.80 Å². The van der Waals surface area contributed by atoms with Gasteiger partial charge >= 0.3 is 0 Å². The molecule has 1 amide bonds. The monoisotopic (exact) mass is 283 g/mol. The van der Waals surface area contributed by atoms with Crippen LogP contribution in [0.25, 0.3) is 0 Å².